The highest BCUT2D eigenvalue weighted by atomic mass is 16.6. The Kier molecular flexibility index (Phi) is 2.23. The van der Waals surface area contributed by atoms with Crippen LogP contribution in [-0.4, -0.2) is 13.8 Å². The molecule has 0 saturated heterocycles. The van der Waals surface area contributed by atoms with Crippen molar-refractivity contribution in [2.75, 3.05) is 0 Å². The molecule has 0 rings (SSSR count). The summed E-state index contributed by atoms with van der Waals surface area (Å²) in [4.78, 5) is 4.03. The van der Waals surface area contributed by atoms with E-state index in [1.165, 1.54) is 0 Å². The van der Waals surface area contributed by atoms with Gasteiger partial charge in [0.1, 0.15) is 7.85 Å². The minimum absolute atomic E-state index is 0.338. The van der Waals surface area contributed by atoms with E-state index in [1.807, 2.05) is 0 Å². The summed E-state index contributed by atoms with van der Waals surface area (Å²) in [6.45, 7) is 1.65. The Hall–Kier alpha value is -0.0151. The highest BCUT2D eigenvalue weighted by Gasteiger charge is 1.80. The smallest absolute Gasteiger partial charge is 0.111 e. The van der Waals surface area contributed by atoms with Crippen molar-refractivity contribution < 1.29 is 4.84 Å². The van der Waals surface area contributed by atoms with Crippen LogP contribution in [0.15, 0.2) is 0 Å². The van der Waals surface area contributed by atoms with Crippen LogP contribution in [0.3, 0.4) is 0 Å². The zero-order valence-electron chi connectivity index (χ0n) is 3.14. The molecule has 5 heavy (non-hydrogen) atoms. The van der Waals surface area contributed by atoms with Gasteiger partial charge in [-0.25, -0.2) is 5.90 Å². The average Bonchev–Trinajstić information content (AvgIpc) is 1.38. The molecule has 0 aliphatic heterocycles. The average molecular weight is 70.9 g/mol. The van der Waals surface area contributed by atoms with Crippen LogP contribution in [0.1, 0.15) is 6.92 Å². The zero-order chi connectivity index (χ0) is 4.28. The Labute approximate surface area is 32.7 Å². The van der Waals surface area contributed by atoms with Crippen LogP contribution < -0.4 is 5.90 Å². The van der Waals surface area contributed by atoms with Crippen molar-refractivity contribution in [1.82, 2.24) is 0 Å². The Morgan fingerprint density at radius 1 is 2.00 bits per heavy atom. The molecule has 0 saturated carbocycles. The monoisotopic (exact) mass is 71.1 g/mol. The van der Waals surface area contributed by atoms with Gasteiger partial charge in [0, 0.05) is 6.00 Å². The summed E-state index contributed by atoms with van der Waals surface area (Å²) in [5.41, 5.74) is 0. The highest BCUT2D eigenvalue weighted by molar-refractivity contribution is 6.10. The van der Waals surface area contributed by atoms with E-state index in [9.17, 15) is 0 Å². The van der Waals surface area contributed by atoms with Gasteiger partial charge in [-0.2, -0.15) is 0 Å². The lowest BCUT2D eigenvalue weighted by Crippen LogP contribution is -2.11. The number of nitrogens with two attached hydrogens (primary N) is 1. The molecule has 0 aliphatic rings. The molecule has 0 amide bonds. The number of hydrogen-bond donors (Lipinski definition) is 1. The van der Waals surface area contributed by atoms with Crippen LogP contribution >= 0.6 is 0 Å². The van der Waals surface area contributed by atoms with Gasteiger partial charge in [-0.05, 0) is 6.92 Å². The Morgan fingerprint density at radius 2 is 2.20 bits per heavy atom. The maximum Gasteiger partial charge on any atom is 0.111 e. The molecule has 0 fully saturated rings. The third-order valence-electron chi connectivity index (χ3n) is 0.215. The minimum Gasteiger partial charge on any atom is -0.312 e. The summed E-state index contributed by atoms with van der Waals surface area (Å²) < 4.78 is 0. The van der Waals surface area contributed by atoms with Gasteiger partial charge in [0.25, 0.3) is 0 Å². The molecule has 2 N–H and O–H groups in total. The Bertz CT molecular complexity index is 23.6. The van der Waals surface area contributed by atoms with E-state index in [-0.39, 0.29) is 6.00 Å². The number of hydrogen-bond acceptors (Lipinski definition) is 2. The summed E-state index contributed by atoms with van der Waals surface area (Å²) in [7, 11) is 4.94. The molecule has 0 heterocycles. The summed E-state index contributed by atoms with van der Waals surface area (Å²) in [5, 5.41) is 0. The van der Waals surface area contributed by atoms with E-state index in [4.69, 9.17) is 7.85 Å². The van der Waals surface area contributed by atoms with Crippen LogP contribution in [0.2, 0.25) is 0 Å². The first kappa shape index (κ1) is 4.98. The predicted octanol–water partition coefficient (Wildman–Crippen LogP) is -0.609. The van der Waals surface area contributed by atoms with E-state index < -0.39 is 0 Å². The lowest BCUT2D eigenvalue weighted by atomic mass is 10.0. The Balaban J connectivity index is 2.54. The second kappa shape index (κ2) is 2.24. The second-order valence-corrected chi connectivity index (χ2v) is 0.841. The molecule has 0 spiro atoms. The second-order valence-electron chi connectivity index (χ2n) is 0.841. The third kappa shape index (κ3) is 3.98. The fourth-order valence-electron chi connectivity index (χ4n) is 0. The van der Waals surface area contributed by atoms with E-state index in [1.54, 1.807) is 6.92 Å². The standard InChI is InChI=1S/C2H6BNO/c1-2(3)5-4/h2H,4H2,1H3/t2-/m0/s1. The van der Waals surface area contributed by atoms with E-state index >= 15 is 0 Å². The van der Waals surface area contributed by atoms with Crippen molar-refractivity contribution in [3.63, 3.8) is 0 Å². The molecule has 0 aromatic rings. The summed E-state index contributed by atoms with van der Waals surface area (Å²) in [5.74, 6) is 4.55. The maximum atomic E-state index is 4.94. The highest BCUT2D eigenvalue weighted by Crippen LogP contribution is 1.67. The first-order valence-electron chi connectivity index (χ1n) is 1.38. The quantitative estimate of drug-likeness (QED) is 0.330. The molecule has 0 bridgehead atoms. The van der Waals surface area contributed by atoms with Crippen molar-refractivity contribution in [2.45, 2.75) is 12.9 Å². The molecule has 28 valence electrons. The van der Waals surface area contributed by atoms with Gasteiger partial charge in [0.05, 0.1) is 0 Å². The van der Waals surface area contributed by atoms with Crippen molar-refractivity contribution in [1.29, 1.82) is 0 Å². The van der Waals surface area contributed by atoms with E-state index in [0.29, 0.717) is 0 Å². The third-order valence-corrected chi connectivity index (χ3v) is 0.215. The molecule has 0 aromatic heterocycles. The van der Waals surface area contributed by atoms with Gasteiger partial charge in [-0.15, -0.1) is 0 Å². The molecule has 0 aliphatic carbocycles. The first-order chi connectivity index (χ1) is 2.27. The van der Waals surface area contributed by atoms with Crippen LogP contribution in [-0.2, 0) is 4.84 Å². The molecule has 2 nitrogen and oxygen atoms in total. The van der Waals surface area contributed by atoms with Gasteiger partial charge < -0.3 is 4.84 Å². The van der Waals surface area contributed by atoms with Crippen LogP contribution in [0.4, 0.5) is 0 Å². The van der Waals surface area contributed by atoms with Crippen LogP contribution in [0.5, 0.6) is 0 Å². The van der Waals surface area contributed by atoms with Crippen molar-refractivity contribution in [3.8, 4) is 0 Å². The summed E-state index contributed by atoms with van der Waals surface area (Å²) in [6.07, 6.45) is 0. The van der Waals surface area contributed by atoms with Crippen molar-refractivity contribution in [3.05, 3.63) is 0 Å². The normalized spacial score (nSPS) is 14.8. The lowest BCUT2D eigenvalue weighted by Gasteiger charge is -1.94. The molecular weight excluding hydrogens is 64.8 g/mol. The van der Waals surface area contributed by atoms with Crippen molar-refractivity contribution >= 4 is 7.85 Å². The SMILES string of the molecule is [B][C@H](C)ON. The zero-order valence-corrected chi connectivity index (χ0v) is 3.14. The molecular formula is C2H6BNO. The molecule has 3 heteroatoms. The number of rotatable bonds is 1. The lowest BCUT2D eigenvalue weighted by molar-refractivity contribution is 0.122. The van der Waals surface area contributed by atoms with E-state index in [0.717, 1.165) is 0 Å². The topological polar surface area (TPSA) is 35.2 Å². The van der Waals surface area contributed by atoms with E-state index in [2.05, 4.69) is 10.7 Å². The van der Waals surface area contributed by atoms with Crippen LogP contribution in [0, 0.1) is 0 Å². The molecule has 2 radical (unpaired) electrons. The molecule has 1 atom stereocenters. The maximum absolute atomic E-state index is 4.94. The van der Waals surface area contributed by atoms with Gasteiger partial charge >= 0.3 is 0 Å². The van der Waals surface area contributed by atoms with Gasteiger partial charge in [0.15, 0.2) is 0 Å². The molecule has 0 unspecified atom stereocenters. The largest absolute Gasteiger partial charge is 0.312 e. The summed E-state index contributed by atoms with van der Waals surface area (Å²) >= 11 is 0. The van der Waals surface area contributed by atoms with Gasteiger partial charge in [0.2, 0.25) is 0 Å². The Morgan fingerprint density at radius 3 is 2.20 bits per heavy atom. The van der Waals surface area contributed by atoms with Gasteiger partial charge in [-0.1, -0.05) is 0 Å². The van der Waals surface area contributed by atoms with Crippen molar-refractivity contribution in [2.24, 2.45) is 5.90 Å². The van der Waals surface area contributed by atoms with Crippen LogP contribution in [0.25, 0.3) is 0 Å². The molecule has 0 aromatic carbocycles. The fraction of sp³-hybridized carbons (Fsp3) is 1.00. The predicted molar refractivity (Wildman–Crippen MR) is 20.5 cm³/mol. The first-order valence-corrected chi connectivity index (χ1v) is 1.38. The minimum atomic E-state index is -0.338. The summed E-state index contributed by atoms with van der Waals surface area (Å²) in [6, 6.07) is -0.338. The fourth-order valence-corrected chi connectivity index (χ4v) is 0. The van der Waals surface area contributed by atoms with Gasteiger partial charge in [-0.3, -0.25) is 0 Å².